The standard InChI is InChI=1S/C17H26F2N2/c1-17(2,3)20-11-13-7-9-21(10-8-13)12-14-5-4-6-15(18)16(14)19/h4-6,13,20H,7-12H2,1-3H3. The van der Waals surface area contributed by atoms with Gasteiger partial charge in [-0.25, -0.2) is 8.78 Å². The Hall–Kier alpha value is -1.00. The molecule has 1 aromatic rings. The average molecular weight is 296 g/mol. The summed E-state index contributed by atoms with van der Waals surface area (Å²) in [5.41, 5.74) is 0.614. The molecule has 1 N–H and O–H groups in total. The van der Waals surface area contributed by atoms with E-state index >= 15 is 0 Å². The van der Waals surface area contributed by atoms with Gasteiger partial charge in [-0.2, -0.15) is 0 Å². The van der Waals surface area contributed by atoms with E-state index < -0.39 is 11.6 Å². The van der Waals surface area contributed by atoms with Crippen LogP contribution in [-0.4, -0.2) is 30.1 Å². The van der Waals surface area contributed by atoms with Crippen molar-refractivity contribution in [2.75, 3.05) is 19.6 Å². The predicted octanol–water partition coefficient (Wildman–Crippen LogP) is 3.56. The Kier molecular flexibility index (Phi) is 5.33. The first-order valence-electron chi connectivity index (χ1n) is 7.75. The normalized spacial score (nSPS) is 18.1. The highest BCUT2D eigenvalue weighted by Gasteiger charge is 2.21. The number of halogens is 2. The summed E-state index contributed by atoms with van der Waals surface area (Å²) in [6, 6.07) is 4.42. The molecule has 118 valence electrons. The molecule has 0 saturated carbocycles. The maximum absolute atomic E-state index is 13.7. The van der Waals surface area contributed by atoms with Crippen molar-refractivity contribution in [2.45, 2.75) is 45.7 Å². The van der Waals surface area contributed by atoms with E-state index in [0.29, 0.717) is 18.0 Å². The molecule has 1 fully saturated rings. The van der Waals surface area contributed by atoms with Gasteiger partial charge in [0.15, 0.2) is 11.6 Å². The molecule has 4 heteroatoms. The molecule has 0 aromatic heterocycles. The lowest BCUT2D eigenvalue weighted by molar-refractivity contribution is 0.168. The Labute approximate surface area is 126 Å². The lowest BCUT2D eigenvalue weighted by Crippen LogP contribution is -2.42. The number of hydrogen-bond donors (Lipinski definition) is 1. The monoisotopic (exact) mass is 296 g/mol. The fourth-order valence-electron chi connectivity index (χ4n) is 2.71. The highest BCUT2D eigenvalue weighted by molar-refractivity contribution is 5.18. The van der Waals surface area contributed by atoms with Gasteiger partial charge in [0.1, 0.15) is 0 Å². The quantitative estimate of drug-likeness (QED) is 0.914. The Morgan fingerprint density at radius 1 is 1.19 bits per heavy atom. The summed E-state index contributed by atoms with van der Waals surface area (Å²) in [6.45, 7) is 9.96. The van der Waals surface area contributed by atoms with Crippen LogP contribution in [0.3, 0.4) is 0 Å². The van der Waals surface area contributed by atoms with Crippen LogP contribution in [-0.2, 0) is 6.54 Å². The topological polar surface area (TPSA) is 15.3 Å². The molecule has 0 amide bonds. The highest BCUT2D eigenvalue weighted by Crippen LogP contribution is 2.21. The summed E-state index contributed by atoms with van der Waals surface area (Å²) in [6.07, 6.45) is 2.22. The van der Waals surface area contributed by atoms with Gasteiger partial charge < -0.3 is 5.32 Å². The summed E-state index contributed by atoms with van der Waals surface area (Å²) in [4.78, 5) is 2.21. The minimum Gasteiger partial charge on any atom is -0.312 e. The van der Waals surface area contributed by atoms with E-state index in [9.17, 15) is 8.78 Å². The van der Waals surface area contributed by atoms with Gasteiger partial charge in [-0.3, -0.25) is 4.90 Å². The number of nitrogens with zero attached hydrogens (tertiary/aromatic N) is 1. The maximum Gasteiger partial charge on any atom is 0.163 e. The first-order chi connectivity index (χ1) is 9.85. The van der Waals surface area contributed by atoms with Crippen molar-refractivity contribution in [1.29, 1.82) is 0 Å². The molecule has 1 aliphatic rings. The Morgan fingerprint density at radius 2 is 1.86 bits per heavy atom. The van der Waals surface area contributed by atoms with Crippen molar-refractivity contribution in [2.24, 2.45) is 5.92 Å². The molecular formula is C17H26F2N2. The number of benzene rings is 1. The minimum atomic E-state index is -0.753. The molecule has 2 rings (SSSR count). The third-order valence-electron chi connectivity index (χ3n) is 4.05. The molecule has 0 unspecified atom stereocenters. The molecular weight excluding hydrogens is 270 g/mol. The number of likely N-dealkylation sites (tertiary alicyclic amines) is 1. The van der Waals surface area contributed by atoms with E-state index in [1.54, 1.807) is 12.1 Å². The fraction of sp³-hybridized carbons (Fsp3) is 0.647. The van der Waals surface area contributed by atoms with Crippen LogP contribution in [0.2, 0.25) is 0 Å². The Balaban J connectivity index is 1.80. The first kappa shape index (κ1) is 16.4. The zero-order valence-electron chi connectivity index (χ0n) is 13.3. The molecule has 0 radical (unpaired) electrons. The predicted molar refractivity (Wildman–Crippen MR) is 82.1 cm³/mol. The van der Waals surface area contributed by atoms with Crippen molar-refractivity contribution in [1.82, 2.24) is 10.2 Å². The molecule has 0 aliphatic carbocycles. The number of hydrogen-bond acceptors (Lipinski definition) is 2. The van der Waals surface area contributed by atoms with Gasteiger partial charge in [0.05, 0.1) is 0 Å². The highest BCUT2D eigenvalue weighted by atomic mass is 19.2. The van der Waals surface area contributed by atoms with Gasteiger partial charge >= 0.3 is 0 Å². The molecule has 0 spiro atoms. The van der Waals surface area contributed by atoms with Crippen LogP contribution in [0.4, 0.5) is 8.78 Å². The van der Waals surface area contributed by atoms with Gasteiger partial charge in [0.25, 0.3) is 0 Å². The van der Waals surface area contributed by atoms with E-state index in [0.717, 1.165) is 32.5 Å². The van der Waals surface area contributed by atoms with E-state index in [4.69, 9.17) is 0 Å². The van der Waals surface area contributed by atoms with Crippen LogP contribution in [0, 0.1) is 17.6 Å². The van der Waals surface area contributed by atoms with Gasteiger partial charge in [0.2, 0.25) is 0 Å². The third-order valence-corrected chi connectivity index (χ3v) is 4.05. The van der Waals surface area contributed by atoms with Crippen LogP contribution >= 0.6 is 0 Å². The van der Waals surface area contributed by atoms with E-state index in [1.807, 2.05) is 0 Å². The number of piperidine rings is 1. The molecule has 1 aromatic carbocycles. The SMILES string of the molecule is CC(C)(C)NCC1CCN(Cc2cccc(F)c2F)CC1. The number of rotatable bonds is 4. The van der Waals surface area contributed by atoms with Crippen molar-refractivity contribution < 1.29 is 8.78 Å². The van der Waals surface area contributed by atoms with Gasteiger partial charge in [0, 0.05) is 17.6 Å². The molecule has 1 saturated heterocycles. The summed E-state index contributed by atoms with van der Waals surface area (Å²) < 4.78 is 26.9. The lowest BCUT2D eigenvalue weighted by Gasteiger charge is -2.33. The maximum atomic E-state index is 13.7. The molecule has 0 atom stereocenters. The van der Waals surface area contributed by atoms with Crippen LogP contribution < -0.4 is 5.32 Å². The molecule has 1 heterocycles. The van der Waals surface area contributed by atoms with Crippen molar-refractivity contribution in [3.05, 3.63) is 35.4 Å². The van der Waals surface area contributed by atoms with E-state index in [-0.39, 0.29) is 5.54 Å². The van der Waals surface area contributed by atoms with Crippen LogP contribution in [0.1, 0.15) is 39.2 Å². The average Bonchev–Trinajstić information content (AvgIpc) is 2.42. The largest absolute Gasteiger partial charge is 0.312 e. The van der Waals surface area contributed by atoms with Crippen molar-refractivity contribution >= 4 is 0 Å². The summed E-state index contributed by atoms with van der Waals surface area (Å²) in [5.74, 6) is -0.774. The molecule has 1 aliphatic heterocycles. The zero-order chi connectivity index (χ0) is 15.5. The lowest BCUT2D eigenvalue weighted by atomic mass is 9.95. The molecule has 2 nitrogen and oxygen atoms in total. The second kappa shape index (κ2) is 6.84. The molecule has 0 bridgehead atoms. The van der Waals surface area contributed by atoms with Crippen LogP contribution in [0.15, 0.2) is 18.2 Å². The second-order valence-corrected chi connectivity index (χ2v) is 7.06. The zero-order valence-corrected chi connectivity index (χ0v) is 13.3. The van der Waals surface area contributed by atoms with Gasteiger partial charge in [-0.05, 0) is 65.2 Å². The van der Waals surface area contributed by atoms with Crippen LogP contribution in [0.25, 0.3) is 0 Å². The fourth-order valence-corrected chi connectivity index (χ4v) is 2.71. The summed E-state index contributed by atoms with van der Waals surface area (Å²) in [5, 5.41) is 3.54. The van der Waals surface area contributed by atoms with Gasteiger partial charge in [-0.15, -0.1) is 0 Å². The summed E-state index contributed by atoms with van der Waals surface area (Å²) in [7, 11) is 0. The minimum absolute atomic E-state index is 0.155. The van der Waals surface area contributed by atoms with Gasteiger partial charge in [-0.1, -0.05) is 12.1 Å². The van der Waals surface area contributed by atoms with Crippen molar-refractivity contribution in [3.8, 4) is 0 Å². The third kappa shape index (κ3) is 5.04. The van der Waals surface area contributed by atoms with Crippen molar-refractivity contribution in [3.63, 3.8) is 0 Å². The molecule has 21 heavy (non-hydrogen) atoms. The number of nitrogens with one attached hydrogen (secondary N) is 1. The van der Waals surface area contributed by atoms with Crippen LogP contribution in [0.5, 0.6) is 0 Å². The summed E-state index contributed by atoms with van der Waals surface area (Å²) >= 11 is 0. The Bertz CT molecular complexity index is 460. The van der Waals surface area contributed by atoms with E-state index in [1.165, 1.54) is 6.07 Å². The smallest absolute Gasteiger partial charge is 0.163 e. The van der Waals surface area contributed by atoms with E-state index in [2.05, 4.69) is 31.0 Å². The first-order valence-corrected chi connectivity index (χ1v) is 7.75. The Morgan fingerprint density at radius 3 is 2.48 bits per heavy atom. The second-order valence-electron chi connectivity index (χ2n) is 7.06.